The first-order chi connectivity index (χ1) is 14.0. The molecule has 0 N–H and O–H groups in total. The largest absolute Gasteiger partial charge is 0.469 e. The molecule has 0 aromatic rings. The normalized spacial score (nSPS) is 13.4. The molecule has 7 nitrogen and oxygen atoms in total. The van der Waals surface area contributed by atoms with Crippen LogP contribution in [-0.4, -0.2) is 73.3 Å². The minimum absolute atomic E-state index is 0.288. The van der Waals surface area contributed by atoms with Gasteiger partial charge < -0.3 is 26.6 Å². The highest BCUT2D eigenvalue weighted by Gasteiger charge is 2.49. The third-order valence-electron chi connectivity index (χ3n) is 3.51. The molecule has 31 heavy (non-hydrogen) atoms. The van der Waals surface area contributed by atoms with Crippen LogP contribution in [-0.2, 0) is 31.4 Å². The monoisotopic (exact) mass is 510 g/mol. The first-order valence-corrected chi connectivity index (χ1v) is 23.2. The molecule has 184 valence electrons. The lowest BCUT2D eigenvalue weighted by Crippen LogP contribution is -2.60. The van der Waals surface area contributed by atoms with Gasteiger partial charge in [0.1, 0.15) is 0 Å². The van der Waals surface area contributed by atoms with Crippen LogP contribution in [0.1, 0.15) is 12.8 Å². The lowest BCUT2D eigenvalue weighted by Gasteiger charge is -2.42. The number of ether oxygens (including phenoxy) is 3. The van der Waals surface area contributed by atoms with Crippen molar-refractivity contribution in [2.75, 3.05) is 33.5 Å². The predicted octanol–water partition coefficient (Wildman–Crippen LogP) is 5.02. The lowest BCUT2D eigenvalue weighted by atomic mass is 10.2. The molecule has 0 saturated carbocycles. The predicted molar refractivity (Wildman–Crippen MR) is 136 cm³/mol. The first kappa shape index (κ1) is 30.9. The van der Waals surface area contributed by atoms with Crippen molar-refractivity contribution in [1.82, 2.24) is 0 Å². The number of hydrogen-bond acceptors (Lipinski definition) is 7. The number of rotatable bonds is 17. The van der Waals surface area contributed by atoms with Gasteiger partial charge in [0.2, 0.25) is 0 Å². The second-order valence-electron chi connectivity index (χ2n) is 10.5. The maximum atomic E-state index is 12.2. The van der Waals surface area contributed by atoms with E-state index in [1.165, 1.54) is 0 Å². The van der Waals surface area contributed by atoms with Crippen LogP contribution in [0.15, 0.2) is 12.2 Å². The van der Waals surface area contributed by atoms with Gasteiger partial charge in [-0.3, -0.25) is 0 Å². The Bertz CT molecular complexity index is 510. The average molecular weight is 511 g/mol. The molecule has 0 amide bonds. The molecule has 0 rings (SSSR count). The Morgan fingerprint density at radius 3 is 1.65 bits per heavy atom. The molecule has 0 aliphatic carbocycles. The van der Waals surface area contributed by atoms with Gasteiger partial charge in [0.25, 0.3) is 0 Å². The van der Waals surface area contributed by atoms with Gasteiger partial charge in [-0.1, -0.05) is 6.58 Å². The summed E-state index contributed by atoms with van der Waals surface area (Å²) in [5.74, 6) is -0.383. The van der Waals surface area contributed by atoms with Crippen LogP contribution in [0.2, 0.25) is 65.0 Å². The zero-order chi connectivity index (χ0) is 24.3. The highest BCUT2D eigenvalue weighted by molar-refractivity contribution is 6.90. The Hall–Kier alpha value is -0.122. The van der Waals surface area contributed by atoms with Crippen molar-refractivity contribution in [3.8, 4) is 0 Å². The van der Waals surface area contributed by atoms with E-state index in [4.69, 9.17) is 26.6 Å². The molecule has 0 aliphatic heterocycles. The Labute approximate surface area is 194 Å². The zero-order valence-corrected chi connectivity index (χ0v) is 25.5. The van der Waals surface area contributed by atoms with E-state index in [-0.39, 0.29) is 12.6 Å². The third-order valence-corrected chi connectivity index (χ3v) is 15.6. The van der Waals surface area contributed by atoms with Gasteiger partial charge in [-0.25, -0.2) is 4.79 Å². The van der Waals surface area contributed by atoms with E-state index in [1.54, 1.807) is 7.11 Å². The number of hydrogen-bond donors (Lipinski definition) is 0. The van der Waals surface area contributed by atoms with E-state index in [9.17, 15) is 4.79 Å². The van der Waals surface area contributed by atoms with Crippen LogP contribution in [0.5, 0.6) is 0 Å². The summed E-state index contributed by atoms with van der Waals surface area (Å²) >= 11 is 0. The van der Waals surface area contributed by atoms with E-state index in [0.29, 0.717) is 44.3 Å². The van der Waals surface area contributed by atoms with Crippen molar-refractivity contribution in [1.29, 1.82) is 0 Å². The molecule has 0 aromatic heterocycles. The molecule has 0 fully saturated rings. The lowest BCUT2D eigenvalue weighted by molar-refractivity contribution is -0.139. The molecule has 0 aliphatic rings. The van der Waals surface area contributed by atoms with Crippen molar-refractivity contribution < 1.29 is 31.4 Å². The molecule has 11 heteroatoms. The molecule has 0 radical (unpaired) electrons. The molecule has 0 spiro atoms. The van der Waals surface area contributed by atoms with Crippen LogP contribution in [0, 0.1) is 0 Å². The second-order valence-corrected chi connectivity index (χ2v) is 27.5. The van der Waals surface area contributed by atoms with Crippen LogP contribution >= 0.6 is 0 Å². The van der Waals surface area contributed by atoms with Crippen LogP contribution in [0.25, 0.3) is 0 Å². The summed E-state index contributed by atoms with van der Waals surface area (Å²) in [7, 11) is -6.99. The smallest absolute Gasteiger partial charge is 0.462 e. The van der Waals surface area contributed by atoms with E-state index < -0.39 is 33.8 Å². The van der Waals surface area contributed by atoms with Crippen LogP contribution in [0.3, 0.4) is 0 Å². The minimum Gasteiger partial charge on any atom is -0.462 e. The Kier molecular flexibility index (Phi) is 13.5. The maximum Gasteiger partial charge on any atom is 0.469 e. The quantitative estimate of drug-likeness (QED) is 0.118. The van der Waals surface area contributed by atoms with Crippen molar-refractivity contribution in [3.05, 3.63) is 12.2 Å². The SMILES string of the molecule is C=C(CCOCCOC)C(=O)OCCC[Si](O[Si](C)(C)C)(O[Si](C)(C)C)O[Si](C)(C)C. The Morgan fingerprint density at radius 1 is 0.742 bits per heavy atom. The average Bonchev–Trinajstić information content (AvgIpc) is 2.53. The van der Waals surface area contributed by atoms with Crippen molar-refractivity contribution in [3.63, 3.8) is 0 Å². The topological polar surface area (TPSA) is 72.5 Å². The highest BCUT2D eigenvalue weighted by atomic mass is 28.5. The van der Waals surface area contributed by atoms with Gasteiger partial charge in [-0.05, 0) is 65.3 Å². The van der Waals surface area contributed by atoms with Crippen molar-refractivity contribution in [2.24, 2.45) is 0 Å². The maximum absolute atomic E-state index is 12.2. The van der Waals surface area contributed by atoms with E-state index in [1.807, 2.05) is 0 Å². The first-order valence-electron chi connectivity index (χ1n) is 11.0. The van der Waals surface area contributed by atoms with Crippen molar-refractivity contribution in [2.45, 2.75) is 77.8 Å². The summed E-state index contributed by atoms with van der Waals surface area (Å²) in [5, 5.41) is 0. The Balaban J connectivity index is 4.91. The van der Waals surface area contributed by atoms with Gasteiger partial charge in [0.15, 0.2) is 25.0 Å². The van der Waals surface area contributed by atoms with E-state index in [0.717, 1.165) is 0 Å². The number of methoxy groups -OCH3 is 1. The molecule has 0 bridgehead atoms. The summed E-state index contributed by atoms with van der Waals surface area (Å²) < 4.78 is 35.6. The summed E-state index contributed by atoms with van der Waals surface area (Å²) in [6, 6.07) is 0.645. The molecule has 0 saturated heterocycles. The Morgan fingerprint density at radius 2 is 1.23 bits per heavy atom. The summed E-state index contributed by atoms with van der Waals surface area (Å²) in [6.07, 6.45) is 1.08. The highest BCUT2D eigenvalue weighted by Crippen LogP contribution is 2.29. The molecule has 0 aromatic carbocycles. The van der Waals surface area contributed by atoms with Crippen molar-refractivity contribution >= 4 is 39.7 Å². The van der Waals surface area contributed by atoms with Gasteiger partial charge in [0, 0.05) is 25.1 Å². The number of carbonyl (C=O) groups is 1. The molecule has 0 unspecified atom stereocenters. The van der Waals surface area contributed by atoms with Gasteiger partial charge >= 0.3 is 14.8 Å². The molecule has 0 atom stereocenters. The second kappa shape index (κ2) is 13.6. The fourth-order valence-electron chi connectivity index (χ4n) is 2.71. The summed E-state index contributed by atoms with van der Waals surface area (Å²) in [5.41, 5.74) is 0.413. The number of carbonyl (C=O) groups excluding carboxylic acids is 1. The van der Waals surface area contributed by atoms with Gasteiger partial charge in [0.05, 0.1) is 26.4 Å². The fourth-order valence-corrected chi connectivity index (χ4v) is 17.3. The van der Waals surface area contributed by atoms with E-state index >= 15 is 0 Å². The van der Waals surface area contributed by atoms with Crippen LogP contribution < -0.4 is 0 Å². The van der Waals surface area contributed by atoms with Crippen LogP contribution in [0.4, 0.5) is 0 Å². The minimum atomic E-state index is -2.90. The standard InChI is InChI=1S/C20H46O7Si4/c1-19(13-15-23-17-16-22-2)20(21)24-14-12-18-31(25-28(3,4)5,26-29(6,7)8)27-30(9,10)11/h1,12-18H2,2-11H3. The fraction of sp³-hybridized carbons (Fsp3) is 0.850. The molecular weight excluding hydrogens is 465 g/mol. The zero-order valence-electron chi connectivity index (χ0n) is 21.5. The van der Waals surface area contributed by atoms with E-state index in [2.05, 4.69) is 65.5 Å². The summed E-state index contributed by atoms with van der Waals surface area (Å²) in [6.45, 7) is 25.0. The van der Waals surface area contributed by atoms with Gasteiger partial charge in [-0.15, -0.1) is 0 Å². The van der Waals surface area contributed by atoms with Gasteiger partial charge in [-0.2, -0.15) is 0 Å². The number of esters is 1. The molecule has 0 heterocycles. The third kappa shape index (κ3) is 17.1. The molecular formula is C20H46O7Si4. The summed E-state index contributed by atoms with van der Waals surface area (Å²) in [4.78, 5) is 12.2.